The van der Waals surface area contributed by atoms with Crippen molar-refractivity contribution in [3.05, 3.63) is 53.3 Å². The lowest BCUT2D eigenvalue weighted by molar-refractivity contribution is -0.0873. The molecular formula is C25H31F3O3. The summed E-state index contributed by atoms with van der Waals surface area (Å²) in [7, 11) is 0. The van der Waals surface area contributed by atoms with Gasteiger partial charge in [-0.15, -0.1) is 0 Å². The van der Waals surface area contributed by atoms with Gasteiger partial charge in [-0.25, -0.2) is 8.78 Å². The molecule has 2 aromatic rings. The maximum Gasteiger partial charge on any atom is 0.201 e. The quantitative estimate of drug-likeness (QED) is 0.376. The third-order valence-electron chi connectivity index (χ3n) is 5.50. The number of hydrogen-bond acceptors (Lipinski definition) is 3. The Kier molecular flexibility index (Phi) is 8.79. The molecule has 1 aliphatic rings. The van der Waals surface area contributed by atoms with Gasteiger partial charge in [-0.1, -0.05) is 38.8 Å². The Hall–Kier alpha value is -2.05. The normalized spacial score (nSPS) is 18.9. The molecule has 1 saturated heterocycles. The fourth-order valence-electron chi connectivity index (χ4n) is 3.74. The molecule has 170 valence electrons. The molecule has 2 aromatic carbocycles. The molecular weight excluding hydrogens is 405 g/mol. The highest BCUT2D eigenvalue weighted by Gasteiger charge is 2.25. The van der Waals surface area contributed by atoms with E-state index in [0.29, 0.717) is 18.6 Å². The number of hydrogen-bond donors (Lipinski definition) is 0. The van der Waals surface area contributed by atoms with Crippen LogP contribution in [0.5, 0.6) is 5.75 Å². The van der Waals surface area contributed by atoms with Gasteiger partial charge in [0.25, 0.3) is 0 Å². The van der Waals surface area contributed by atoms with Crippen LogP contribution in [0.4, 0.5) is 13.2 Å². The van der Waals surface area contributed by atoms with Gasteiger partial charge in [0, 0.05) is 17.7 Å². The third-order valence-corrected chi connectivity index (χ3v) is 5.50. The molecule has 1 aliphatic heterocycles. The van der Waals surface area contributed by atoms with Crippen molar-refractivity contribution in [1.29, 1.82) is 0 Å². The van der Waals surface area contributed by atoms with Crippen molar-refractivity contribution in [3.63, 3.8) is 0 Å². The molecule has 6 heteroatoms. The van der Waals surface area contributed by atoms with E-state index in [2.05, 4.69) is 6.92 Å². The van der Waals surface area contributed by atoms with Crippen LogP contribution >= 0.6 is 0 Å². The SMILES string of the molecule is CCCCCOC1CCC(c2ccc(-c3ccc(OCCC)c(F)c3F)c(F)c2)OC1. The molecule has 3 rings (SSSR count). The zero-order chi connectivity index (χ0) is 22.2. The smallest absolute Gasteiger partial charge is 0.201 e. The van der Waals surface area contributed by atoms with Crippen LogP contribution < -0.4 is 4.74 Å². The van der Waals surface area contributed by atoms with E-state index in [1.807, 2.05) is 6.92 Å². The van der Waals surface area contributed by atoms with Crippen LogP contribution in [0.2, 0.25) is 0 Å². The van der Waals surface area contributed by atoms with Crippen LogP contribution in [0.3, 0.4) is 0 Å². The van der Waals surface area contributed by atoms with Gasteiger partial charge in [0.05, 0.1) is 25.4 Å². The van der Waals surface area contributed by atoms with E-state index in [1.54, 1.807) is 6.07 Å². The van der Waals surface area contributed by atoms with Gasteiger partial charge in [0.1, 0.15) is 5.82 Å². The Morgan fingerprint density at radius 3 is 2.39 bits per heavy atom. The Morgan fingerprint density at radius 2 is 1.71 bits per heavy atom. The van der Waals surface area contributed by atoms with Crippen molar-refractivity contribution < 1.29 is 27.4 Å². The van der Waals surface area contributed by atoms with Crippen LogP contribution in [0.15, 0.2) is 30.3 Å². The van der Waals surface area contributed by atoms with Gasteiger partial charge in [0.15, 0.2) is 11.6 Å². The standard InChI is InChI=1S/C25H31F3O3/c1-3-5-6-14-29-18-8-11-22(31-16-18)17-7-9-19(21(26)15-17)20-10-12-23(30-13-4-2)25(28)24(20)27/h7,9-10,12,15,18,22H,3-6,8,11,13-14,16H2,1-2H3. The fraction of sp³-hybridized carbons (Fsp3) is 0.520. The molecule has 0 bridgehead atoms. The van der Waals surface area contributed by atoms with E-state index in [-0.39, 0.29) is 35.7 Å². The van der Waals surface area contributed by atoms with Crippen molar-refractivity contribution in [2.24, 2.45) is 0 Å². The van der Waals surface area contributed by atoms with Crippen molar-refractivity contribution in [2.75, 3.05) is 19.8 Å². The Bertz CT molecular complexity index is 848. The molecule has 0 aromatic heterocycles. The molecule has 1 fully saturated rings. The predicted molar refractivity (Wildman–Crippen MR) is 115 cm³/mol. The fourth-order valence-corrected chi connectivity index (χ4v) is 3.74. The summed E-state index contributed by atoms with van der Waals surface area (Å²) in [5.74, 6) is -2.99. The number of unbranched alkanes of at least 4 members (excludes halogenated alkanes) is 2. The highest BCUT2D eigenvalue weighted by Crippen LogP contribution is 2.35. The second-order valence-corrected chi connectivity index (χ2v) is 7.93. The molecule has 0 spiro atoms. The molecule has 2 atom stereocenters. The number of rotatable bonds is 10. The Morgan fingerprint density at radius 1 is 0.903 bits per heavy atom. The van der Waals surface area contributed by atoms with E-state index in [4.69, 9.17) is 14.2 Å². The van der Waals surface area contributed by atoms with E-state index in [9.17, 15) is 13.2 Å². The first-order valence-electron chi connectivity index (χ1n) is 11.2. The molecule has 0 amide bonds. The second-order valence-electron chi connectivity index (χ2n) is 7.93. The topological polar surface area (TPSA) is 27.7 Å². The maximum absolute atomic E-state index is 14.8. The van der Waals surface area contributed by atoms with Gasteiger partial charge in [-0.05, 0) is 49.4 Å². The summed E-state index contributed by atoms with van der Waals surface area (Å²) in [5, 5.41) is 0. The zero-order valence-electron chi connectivity index (χ0n) is 18.3. The molecule has 1 heterocycles. The molecule has 0 radical (unpaired) electrons. The molecule has 3 nitrogen and oxygen atoms in total. The summed E-state index contributed by atoms with van der Waals surface area (Å²) >= 11 is 0. The minimum Gasteiger partial charge on any atom is -0.490 e. The summed E-state index contributed by atoms with van der Waals surface area (Å²) in [5.41, 5.74) is 0.570. The largest absolute Gasteiger partial charge is 0.490 e. The molecule has 0 aliphatic carbocycles. The lowest BCUT2D eigenvalue weighted by Crippen LogP contribution is -2.28. The van der Waals surface area contributed by atoms with Gasteiger partial charge in [-0.3, -0.25) is 0 Å². The average molecular weight is 437 g/mol. The monoisotopic (exact) mass is 436 g/mol. The molecule has 0 saturated carbocycles. The number of benzene rings is 2. The summed E-state index contributed by atoms with van der Waals surface area (Å²) in [6, 6.07) is 7.22. The number of halogens is 3. The van der Waals surface area contributed by atoms with Crippen LogP contribution in [0.1, 0.15) is 64.0 Å². The first-order chi connectivity index (χ1) is 15.0. The first kappa shape index (κ1) is 23.6. The van der Waals surface area contributed by atoms with E-state index < -0.39 is 17.5 Å². The lowest BCUT2D eigenvalue weighted by Gasteiger charge is -2.29. The van der Waals surface area contributed by atoms with Crippen molar-refractivity contribution >= 4 is 0 Å². The molecule has 31 heavy (non-hydrogen) atoms. The van der Waals surface area contributed by atoms with Gasteiger partial charge < -0.3 is 14.2 Å². The lowest BCUT2D eigenvalue weighted by atomic mass is 9.96. The first-order valence-corrected chi connectivity index (χ1v) is 11.2. The van der Waals surface area contributed by atoms with Crippen LogP contribution in [0.25, 0.3) is 11.1 Å². The third kappa shape index (κ3) is 6.01. The highest BCUT2D eigenvalue weighted by atomic mass is 19.2. The van der Waals surface area contributed by atoms with Crippen molar-refractivity contribution in [1.82, 2.24) is 0 Å². The summed E-state index contributed by atoms with van der Waals surface area (Å²) in [6.07, 6.45) is 5.44. The highest BCUT2D eigenvalue weighted by molar-refractivity contribution is 5.66. The van der Waals surface area contributed by atoms with E-state index >= 15 is 0 Å². The Balaban J connectivity index is 1.65. The summed E-state index contributed by atoms with van der Waals surface area (Å²) in [6.45, 7) is 5.52. The Labute approximate surface area is 182 Å². The summed E-state index contributed by atoms with van der Waals surface area (Å²) in [4.78, 5) is 0. The second kappa shape index (κ2) is 11.5. The van der Waals surface area contributed by atoms with Crippen LogP contribution in [0, 0.1) is 17.5 Å². The average Bonchev–Trinajstić information content (AvgIpc) is 2.78. The zero-order valence-corrected chi connectivity index (χ0v) is 18.3. The molecule has 2 unspecified atom stereocenters. The minimum atomic E-state index is -1.11. The van der Waals surface area contributed by atoms with Gasteiger partial charge in [-0.2, -0.15) is 4.39 Å². The minimum absolute atomic E-state index is 0.00938. The summed E-state index contributed by atoms with van der Waals surface area (Å²) < 4.78 is 60.6. The maximum atomic E-state index is 14.8. The molecule has 0 N–H and O–H groups in total. The van der Waals surface area contributed by atoms with Gasteiger partial charge in [0.2, 0.25) is 5.82 Å². The van der Waals surface area contributed by atoms with Crippen molar-refractivity contribution in [3.8, 4) is 16.9 Å². The van der Waals surface area contributed by atoms with Crippen molar-refractivity contribution in [2.45, 2.75) is 64.6 Å². The predicted octanol–water partition coefficient (Wildman–Crippen LogP) is 6.99. The van der Waals surface area contributed by atoms with Crippen LogP contribution in [-0.4, -0.2) is 25.9 Å². The van der Waals surface area contributed by atoms with Gasteiger partial charge >= 0.3 is 0 Å². The van der Waals surface area contributed by atoms with E-state index in [0.717, 1.165) is 38.7 Å². The number of ether oxygens (including phenoxy) is 3. The van der Waals surface area contributed by atoms with E-state index in [1.165, 1.54) is 24.3 Å². The van der Waals surface area contributed by atoms with Crippen LogP contribution in [-0.2, 0) is 9.47 Å².